The van der Waals surface area contributed by atoms with Crippen LogP contribution in [-0.2, 0) is 17.9 Å². The maximum absolute atomic E-state index is 13.9. The van der Waals surface area contributed by atoms with Crippen LogP contribution in [0, 0.1) is 0 Å². The number of anilines is 1. The number of nitrogens with zero attached hydrogens (tertiary/aromatic N) is 3. The van der Waals surface area contributed by atoms with Gasteiger partial charge in [0, 0.05) is 31.9 Å². The number of hydrogen-bond acceptors (Lipinski definition) is 6. The first-order valence-corrected chi connectivity index (χ1v) is 10.8. The molecule has 0 radical (unpaired) electrons. The predicted molar refractivity (Wildman–Crippen MR) is 118 cm³/mol. The third-order valence-electron chi connectivity index (χ3n) is 6.25. The minimum Gasteiger partial charge on any atom is -0.487 e. The van der Waals surface area contributed by atoms with E-state index in [9.17, 15) is 4.79 Å². The van der Waals surface area contributed by atoms with Crippen molar-refractivity contribution < 1.29 is 19.0 Å². The number of benzene rings is 2. The van der Waals surface area contributed by atoms with Gasteiger partial charge in [-0.1, -0.05) is 24.3 Å². The van der Waals surface area contributed by atoms with E-state index in [-0.39, 0.29) is 24.8 Å². The number of amides is 1. The molecule has 162 valence electrons. The Morgan fingerprint density at radius 1 is 0.938 bits per heavy atom. The molecule has 2 atom stereocenters. The zero-order valence-electron chi connectivity index (χ0n) is 17.5. The fourth-order valence-electron chi connectivity index (χ4n) is 4.75. The summed E-state index contributed by atoms with van der Waals surface area (Å²) >= 11 is 0. The topological polar surface area (TPSA) is 64.1 Å². The second kappa shape index (κ2) is 7.84. The molecule has 1 saturated heterocycles. The molecule has 2 aromatic carbocycles. The molecule has 0 N–H and O–H groups in total. The smallest absolute Gasteiger partial charge is 0.244 e. The lowest BCUT2D eigenvalue weighted by atomic mass is 10.1. The zero-order chi connectivity index (χ0) is 21.5. The average molecular weight is 429 g/mol. The molecule has 3 aliphatic heterocycles. The van der Waals surface area contributed by atoms with E-state index in [0.29, 0.717) is 26.1 Å². The SMILES string of the molecule is O=C1[C@@H]2C[C@@H](CN2Cc2ccc3c(c2)OCO3)Oc2ccccc2N1Cc1cccnc1. The molecular weight excluding hydrogens is 406 g/mol. The Kier molecular flexibility index (Phi) is 4.69. The fraction of sp³-hybridized carbons (Fsp3) is 0.280. The van der Waals surface area contributed by atoms with E-state index >= 15 is 0 Å². The highest BCUT2D eigenvalue weighted by Gasteiger charge is 2.42. The molecule has 0 aliphatic carbocycles. The Bertz CT molecular complexity index is 1150. The van der Waals surface area contributed by atoms with Gasteiger partial charge < -0.3 is 19.1 Å². The number of ether oxygens (including phenoxy) is 3. The Morgan fingerprint density at radius 2 is 1.84 bits per heavy atom. The van der Waals surface area contributed by atoms with Crippen molar-refractivity contribution in [2.75, 3.05) is 18.2 Å². The molecule has 7 heteroatoms. The van der Waals surface area contributed by atoms with E-state index < -0.39 is 0 Å². The number of fused-ring (bicyclic) bond motifs is 4. The van der Waals surface area contributed by atoms with Crippen LogP contribution in [0.2, 0.25) is 0 Å². The van der Waals surface area contributed by atoms with Gasteiger partial charge in [0.25, 0.3) is 0 Å². The first kappa shape index (κ1) is 19.1. The summed E-state index contributed by atoms with van der Waals surface area (Å²) in [6.07, 6.45) is 4.18. The molecule has 1 aromatic heterocycles. The number of likely N-dealkylation sites (tertiary alicyclic amines) is 1. The van der Waals surface area contributed by atoms with Crippen LogP contribution >= 0.6 is 0 Å². The van der Waals surface area contributed by atoms with E-state index in [1.807, 2.05) is 59.5 Å². The van der Waals surface area contributed by atoms with Gasteiger partial charge in [-0.3, -0.25) is 14.7 Å². The lowest BCUT2D eigenvalue weighted by Crippen LogP contribution is -2.45. The van der Waals surface area contributed by atoms with Gasteiger partial charge in [-0.05, 0) is 41.5 Å². The summed E-state index contributed by atoms with van der Waals surface area (Å²) in [6, 6.07) is 17.4. The van der Waals surface area contributed by atoms with Crippen LogP contribution in [0.4, 0.5) is 5.69 Å². The van der Waals surface area contributed by atoms with Crippen molar-refractivity contribution in [2.24, 2.45) is 0 Å². The number of aromatic nitrogens is 1. The minimum absolute atomic E-state index is 0.0281. The molecule has 32 heavy (non-hydrogen) atoms. The largest absolute Gasteiger partial charge is 0.487 e. The summed E-state index contributed by atoms with van der Waals surface area (Å²) in [4.78, 5) is 22.1. The maximum atomic E-state index is 13.9. The fourth-order valence-corrected chi connectivity index (χ4v) is 4.75. The van der Waals surface area contributed by atoms with Gasteiger partial charge in [0.15, 0.2) is 11.5 Å². The van der Waals surface area contributed by atoms with E-state index in [1.165, 1.54) is 0 Å². The van der Waals surface area contributed by atoms with Crippen molar-refractivity contribution in [3.8, 4) is 17.2 Å². The van der Waals surface area contributed by atoms with Crippen molar-refractivity contribution in [3.63, 3.8) is 0 Å². The van der Waals surface area contributed by atoms with Gasteiger partial charge in [-0.2, -0.15) is 0 Å². The number of carbonyl (C=O) groups is 1. The van der Waals surface area contributed by atoms with Crippen molar-refractivity contribution in [1.82, 2.24) is 9.88 Å². The lowest BCUT2D eigenvalue weighted by molar-refractivity contribution is -0.123. The van der Waals surface area contributed by atoms with E-state index in [2.05, 4.69) is 9.88 Å². The zero-order valence-corrected chi connectivity index (χ0v) is 17.5. The number of carbonyl (C=O) groups excluding carboxylic acids is 1. The molecule has 1 amide bonds. The summed E-state index contributed by atoms with van der Waals surface area (Å²) in [7, 11) is 0. The summed E-state index contributed by atoms with van der Waals surface area (Å²) in [5.74, 6) is 2.36. The van der Waals surface area contributed by atoms with E-state index in [1.54, 1.807) is 12.4 Å². The molecule has 0 unspecified atom stereocenters. The van der Waals surface area contributed by atoms with Crippen LogP contribution in [0.25, 0.3) is 0 Å². The van der Waals surface area contributed by atoms with Crippen LogP contribution in [0.15, 0.2) is 67.0 Å². The quantitative estimate of drug-likeness (QED) is 0.634. The molecule has 2 bridgehead atoms. The molecule has 0 spiro atoms. The van der Waals surface area contributed by atoms with Gasteiger partial charge in [0.1, 0.15) is 11.9 Å². The van der Waals surface area contributed by atoms with Crippen LogP contribution in [0.3, 0.4) is 0 Å². The lowest BCUT2D eigenvalue weighted by Gasteiger charge is -2.32. The first-order chi connectivity index (χ1) is 15.7. The second-order valence-corrected chi connectivity index (χ2v) is 8.36. The highest BCUT2D eigenvalue weighted by Crippen LogP contribution is 2.38. The number of rotatable bonds is 4. The Labute approximate surface area is 186 Å². The van der Waals surface area contributed by atoms with Gasteiger partial charge in [0.05, 0.1) is 18.3 Å². The Morgan fingerprint density at radius 3 is 2.75 bits per heavy atom. The normalized spacial score (nSPS) is 21.6. The van der Waals surface area contributed by atoms with Gasteiger partial charge >= 0.3 is 0 Å². The summed E-state index contributed by atoms with van der Waals surface area (Å²) in [5.41, 5.74) is 2.87. The highest BCUT2D eigenvalue weighted by molar-refractivity contribution is 5.99. The molecule has 0 saturated carbocycles. The molecule has 3 aromatic rings. The molecule has 1 fully saturated rings. The monoisotopic (exact) mass is 429 g/mol. The first-order valence-electron chi connectivity index (χ1n) is 10.8. The van der Waals surface area contributed by atoms with Gasteiger partial charge in [-0.25, -0.2) is 0 Å². The third-order valence-corrected chi connectivity index (χ3v) is 6.25. The van der Waals surface area contributed by atoms with Crippen LogP contribution < -0.4 is 19.1 Å². The third kappa shape index (κ3) is 3.44. The van der Waals surface area contributed by atoms with Gasteiger partial charge in [-0.15, -0.1) is 0 Å². The van der Waals surface area contributed by atoms with Crippen molar-refractivity contribution >= 4 is 11.6 Å². The predicted octanol–water partition coefficient (Wildman–Crippen LogP) is 3.38. The van der Waals surface area contributed by atoms with E-state index in [0.717, 1.165) is 34.1 Å². The summed E-state index contributed by atoms with van der Waals surface area (Å²) in [5, 5.41) is 0. The van der Waals surface area contributed by atoms with Crippen LogP contribution in [-0.4, -0.2) is 41.3 Å². The standard InChI is InChI=1S/C25H23N3O4/c29-25-21-11-19(15-27(21)13-17-7-8-23-24(10-17)31-16-30-23)32-22-6-2-1-5-20(22)28(25)14-18-4-3-9-26-12-18/h1-10,12,19,21H,11,13-16H2/t19-,21-/m0/s1. The summed E-state index contributed by atoms with van der Waals surface area (Å²) in [6.45, 7) is 2.04. The average Bonchev–Trinajstić information content (AvgIpc) is 3.45. The van der Waals surface area contributed by atoms with E-state index in [4.69, 9.17) is 14.2 Å². The molecule has 4 heterocycles. The molecule has 3 aliphatic rings. The maximum Gasteiger partial charge on any atom is 0.244 e. The molecular formula is C25H23N3O4. The highest BCUT2D eigenvalue weighted by atomic mass is 16.7. The van der Waals surface area contributed by atoms with Gasteiger partial charge in [0.2, 0.25) is 12.7 Å². The minimum atomic E-state index is -0.254. The molecule has 6 rings (SSSR count). The van der Waals surface area contributed by atoms with Crippen molar-refractivity contribution in [3.05, 3.63) is 78.1 Å². The summed E-state index contributed by atoms with van der Waals surface area (Å²) < 4.78 is 17.3. The second-order valence-electron chi connectivity index (χ2n) is 8.36. The number of pyridine rings is 1. The van der Waals surface area contributed by atoms with Crippen molar-refractivity contribution in [1.29, 1.82) is 0 Å². The molecule has 7 nitrogen and oxygen atoms in total. The van der Waals surface area contributed by atoms with Crippen LogP contribution in [0.5, 0.6) is 17.2 Å². The number of hydrogen-bond donors (Lipinski definition) is 0. The van der Waals surface area contributed by atoms with Crippen molar-refractivity contribution in [2.45, 2.75) is 31.7 Å². The Hall–Kier alpha value is -3.58. The Balaban J connectivity index is 1.32. The number of para-hydroxylation sites is 2. The van der Waals surface area contributed by atoms with Crippen LogP contribution in [0.1, 0.15) is 17.5 Å².